The molecular formula is C20H33NO2. The molecule has 1 atom stereocenters. The van der Waals surface area contributed by atoms with E-state index in [9.17, 15) is 5.11 Å². The van der Waals surface area contributed by atoms with Gasteiger partial charge in [-0.1, -0.05) is 51.1 Å². The van der Waals surface area contributed by atoms with E-state index in [1.807, 2.05) is 31.2 Å². The van der Waals surface area contributed by atoms with Gasteiger partial charge in [-0.3, -0.25) is 0 Å². The normalized spacial score (nSPS) is 13.7. The van der Waals surface area contributed by atoms with Gasteiger partial charge in [-0.25, -0.2) is 0 Å². The maximum absolute atomic E-state index is 10.2. The third-order valence-electron chi connectivity index (χ3n) is 3.74. The average molecular weight is 319 g/mol. The number of benzene rings is 1. The molecule has 0 fully saturated rings. The maximum atomic E-state index is 10.2. The van der Waals surface area contributed by atoms with Crippen LogP contribution < -0.4 is 4.74 Å². The zero-order chi connectivity index (χ0) is 17.3. The number of para-hydroxylation sites is 1. The van der Waals surface area contributed by atoms with Crippen molar-refractivity contribution in [2.24, 2.45) is 5.41 Å². The van der Waals surface area contributed by atoms with Crippen LogP contribution in [0.25, 0.3) is 0 Å². The van der Waals surface area contributed by atoms with Gasteiger partial charge in [-0.05, 0) is 50.4 Å². The van der Waals surface area contributed by atoms with E-state index in [2.05, 4.69) is 44.9 Å². The lowest BCUT2D eigenvalue weighted by atomic mass is 9.92. The summed E-state index contributed by atoms with van der Waals surface area (Å²) < 4.78 is 5.83. The average Bonchev–Trinajstić information content (AvgIpc) is 2.49. The molecule has 3 heteroatoms. The molecule has 0 spiro atoms. The number of hydrogen-bond donors (Lipinski definition) is 1. The lowest BCUT2D eigenvalue weighted by Gasteiger charge is -2.25. The minimum Gasteiger partial charge on any atom is -0.491 e. The molecule has 0 saturated heterocycles. The molecule has 23 heavy (non-hydrogen) atoms. The molecule has 0 aliphatic rings. The standard InChI is InChI=1S/C20H33NO2/c1-6-7-10-17-11-8-9-12-19(17)23-16-18(22)15-21(5)14-13-20(2,3)4/h6-9,11-12,18,22H,10,13-16H2,1-5H3/b7-6+. The predicted molar refractivity (Wildman–Crippen MR) is 98.0 cm³/mol. The second kappa shape index (κ2) is 9.74. The Morgan fingerprint density at radius 1 is 1.26 bits per heavy atom. The molecule has 1 rings (SSSR count). The first-order valence-electron chi connectivity index (χ1n) is 8.50. The first-order valence-corrected chi connectivity index (χ1v) is 8.50. The number of likely N-dealkylation sites (N-methyl/N-ethyl adjacent to an activating group) is 1. The van der Waals surface area contributed by atoms with Crippen molar-refractivity contribution in [3.05, 3.63) is 42.0 Å². The third-order valence-corrected chi connectivity index (χ3v) is 3.74. The summed E-state index contributed by atoms with van der Waals surface area (Å²) in [6.07, 6.45) is 5.64. The van der Waals surface area contributed by atoms with Crippen LogP contribution in [0, 0.1) is 5.41 Å². The Bertz CT molecular complexity index is 477. The van der Waals surface area contributed by atoms with Crippen molar-refractivity contribution in [1.29, 1.82) is 0 Å². The Morgan fingerprint density at radius 2 is 1.96 bits per heavy atom. The van der Waals surface area contributed by atoms with Crippen LogP contribution in [0.3, 0.4) is 0 Å². The van der Waals surface area contributed by atoms with Gasteiger partial charge in [-0.15, -0.1) is 0 Å². The van der Waals surface area contributed by atoms with Gasteiger partial charge in [0, 0.05) is 6.54 Å². The van der Waals surface area contributed by atoms with Gasteiger partial charge in [0.2, 0.25) is 0 Å². The van der Waals surface area contributed by atoms with Crippen molar-refractivity contribution in [3.63, 3.8) is 0 Å². The number of nitrogens with zero attached hydrogens (tertiary/aromatic N) is 1. The fourth-order valence-corrected chi connectivity index (χ4v) is 2.27. The molecule has 1 aromatic carbocycles. The second-order valence-corrected chi connectivity index (χ2v) is 7.42. The highest BCUT2D eigenvalue weighted by Crippen LogP contribution is 2.20. The second-order valence-electron chi connectivity index (χ2n) is 7.42. The quantitative estimate of drug-likeness (QED) is 0.700. The Kier molecular flexibility index (Phi) is 8.35. The van der Waals surface area contributed by atoms with Crippen molar-refractivity contribution in [2.75, 3.05) is 26.7 Å². The summed E-state index contributed by atoms with van der Waals surface area (Å²) in [6.45, 7) is 10.7. The largest absolute Gasteiger partial charge is 0.491 e. The molecular weight excluding hydrogens is 286 g/mol. The van der Waals surface area contributed by atoms with E-state index in [0.29, 0.717) is 18.6 Å². The molecule has 0 aromatic heterocycles. The summed E-state index contributed by atoms with van der Waals surface area (Å²) in [5, 5.41) is 10.2. The van der Waals surface area contributed by atoms with Crippen LogP contribution in [-0.2, 0) is 6.42 Å². The zero-order valence-electron chi connectivity index (χ0n) is 15.4. The molecule has 1 N–H and O–H groups in total. The van der Waals surface area contributed by atoms with Crippen molar-refractivity contribution >= 4 is 0 Å². The van der Waals surface area contributed by atoms with Crippen LogP contribution in [0.4, 0.5) is 0 Å². The molecule has 0 aliphatic heterocycles. The molecule has 0 bridgehead atoms. The molecule has 130 valence electrons. The summed E-state index contributed by atoms with van der Waals surface area (Å²) in [5.41, 5.74) is 1.47. The Hall–Kier alpha value is -1.32. The van der Waals surface area contributed by atoms with E-state index in [-0.39, 0.29) is 0 Å². The number of hydrogen-bond acceptors (Lipinski definition) is 3. The van der Waals surface area contributed by atoms with Crippen molar-refractivity contribution in [2.45, 2.75) is 46.6 Å². The lowest BCUT2D eigenvalue weighted by molar-refractivity contribution is 0.0729. The van der Waals surface area contributed by atoms with E-state index >= 15 is 0 Å². The lowest BCUT2D eigenvalue weighted by Crippen LogP contribution is -2.34. The number of aliphatic hydroxyl groups is 1. The fourth-order valence-electron chi connectivity index (χ4n) is 2.27. The van der Waals surface area contributed by atoms with E-state index in [4.69, 9.17) is 4.74 Å². The van der Waals surface area contributed by atoms with Gasteiger partial charge in [0.1, 0.15) is 18.5 Å². The van der Waals surface area contributed by atoms with Gasteiger partial charge >= 0.3 is 0 Å². The van der Waals surface area contributed by atoms with E-state index in [1.165, 1.54) is 0 Å². The van der Waals surface area contributed by atoms with E-state index in [0.717, 1.165) is 30.7 Å². The van der Waals surface area contributed by atoms with Crippen LogP contribution in [-0.4, -0.2) is 42.9 Å². The minimum absolute atomic E-state index is 0.321. The smallest absolute Gasteiger partial charge is 0.122 e. The van der Waals surface area contributed by atoms with Gasteiger partial charge in [0.25, 0.3) is 0 Å². The van der Waals surface area contributed by atoms with Gasteiger partial charge in [0.05, 0.1) is 0 Å². The van der Waals surface area contributed by atoms with Gasteiger partial charge in [0.15, 0.2) is 0 Å². The molecule has 0 aliphatic carbocycles. The fraction of sp³-hybridized carbons (Fsp3) is 0.600. The highest BCUT2D eigenvalue weighted by Gasteiger charge is 2.14. The van der Waals surface area contributed by atoms with Crippen molar-refractivity contribution in [1.82, 2.24) is 4.90 Å². The summed E-state index contributed by atoms with van der Waals surface area (Å²) >= 11 is 0. The minimum atomic E-state index is -0.477. The first kappa shape index (κ1) is 19.7. The number of allylic oxidation sites excluding steroid dienone is 2. The van der Waals surface area contributed by atoms with Gasteiger partial charge in [-0.2, -0.15) is 0 Å². The molecule has 1 aromatic rings. The molecule has 1 unspecified atom stereocenters. The summed E-state index contributed by atoms with van der Waals surface area (Å²) in [5.74, 6) is 0.863. The van der Waals surface area contributed by atoms with Crippen molar-refractivity contribution in [3.8, 4) is 5.75 Å². The predicted octanol–water partition coefficient (Wildman–Crippen LogP) is 3.91. The summed E-state index contributed by atoms with van der Waals surface area (Å²) in [6, 6.07) is 8.02. The SMILES string of the molecule is C/C=C/Cc1ccccc1OCC(O)CN(C)CCC(C)(C)C. The van der Waals surface area contributed by atoms with Gasteiger partial charge < -0.3 is 14.7 Å². The monoisotopic (exact) mass is 319 g/mol. The maximum Gasteiger partial charge on any atom is 0.122 e. The Balaban J connectivity index is 2.42. The molecule has 0 amide bonds. The van der Waals surface area contributed by atoms with Crippen LogP contribution in [0.2, 0.25) is 0 Å². The van der Waals surface area contributed by atoms with Crippen LogP contribution in [0.1, 0.15) is 39.7 Å². The topological polar surface area (TPSA) is 32.7 Å². The van der Waals surface area contributed by atoms with Crippen LogP contribution in [0.15, 0.2) is 36.4 Å². The number of rotatable bonds is 9. The molecule has 0 heterocycles. The number of aliphatic hydroxyl groups excluding tert-OH is 1. The zero-order valence-corrected chi connectivity index (χ0v) is 15.4. The summed E-state index contributed by atoms with van der Waals surface area (Å²) in [4.78, 5) is 2.17. The molecule has 0 radical (unpaired) electrons. The Morgan fingerprint density at radius 3 is 2.61 bits per heavy atom. The van der Waals surface area contributed by atoms with Crippen LogP contribution in [0.5, 0.6) is 5.75 Å². The Labute approximate surface area is 142 Å². The van der Waals surface area contributed by atoms with Crippen LogP contribution >= 0.6 is 0 Å². The van der Waals surface area contributed by atoms with E-state index < -0.39 is 6.10 Å². The highest BCUT2D eigenvalue weighted by molar-refractivity contribution is 5.34. The highest BCUT2D eigenvalue weighted by atomic mass is 16.5. The summed E-state index contributed by atoms with van der Waals surface area (Å²) in [7, 11) is 2.05. The van der Waals surface area contributed by atoms with E-state index in [1.54, 1.807) is 0 Å². The number of ether oxygens (including phenoxy) is 1. The van der Waals surface area contributed by atoms with Crippen molar-refractivity contribution < 1.29 is 9.84 Å². The first-order chi connectivity index (χ1) is 10.8. The molecule has 0 saturated carbocycles. The molecule has 3 nitrogen and oxygen atoms in total. The third kappa shape index (κ3) is 8.77.